The molecule has 0 spiro atoms. The zero-order valence-electron chi connectivity index (χ0n) is 10.8. The number of carbonyl (C=O) groups excluding carboxylic acids is 1. The lowest BCUT2D eigenvalue weighted by Crippen LogP contribution is -2.44. The molecule has 2 atom stereocenters. The van der Waals surface area contributed by atoms with E-state index < -0.39 is 0 Å². The number of ether oxygens (including phenoxy) is 1. The topological polar surface area (TPSA) is 29.5 Å². The fourth-order valence-electron chi connectivity index (χ4n) is 2.95. The fourth-order valence-corrected chi connectivity index (χ4v) is 2.95. The lowest BCUT2D eigenvalue weighted by atomic mass is 9.93. The molecule has 1 aromatic carbocycles. The van der Waals surface area contributed by atoms with E-state index in [0.29, 0.717) is 5.92 Å². The Bertz CT molecular complexity index is 452. The third kappa shape index (κ3) is 2.03. The van der Waals surface area contributed by atoms with Gasteiger partial charge < -0.3 is 9.64 Å². The van der Waals surface area contributed by atoms with Crippen molar-refractivity contribution in [2.24, 2.45) is 5.92 Å². The van der Waals surface area contributed by atoms with Crippen LogP contribution >= 0.6 is 0 Å². The van der Waals surface area contributed by atoms with Gasteiger partial charge in [-0.05, 0) is 36.8 Å². The van der Waals surface area contributed by atoms with Gasteiger partial charge in [0.25, 0.3) is 5.91 Å². The van der Waals surface area contributed by atoms with E-state index in [4.69, 9.17) is 4.74 Å². The van der Waals surface area contributed by atoms with Crippen LogP contribution in [0, 0.1) is 5.92 Å². The molecule has 0 bridgehead atoms. The number of anilines is 1. The molecule has 2 heterocycles. The third-order valence-electron chi connectivity index (χ3n) is 3.82. The highest BCUT2D eigenvalue weighted by Gasteiger charge is 2.32. The van der Waals surface area contributed by atoms with Crippen molar-refractivity contribution in [3.05, 3.63) is 29.8 Å². The summed E-state index contributed by atoms with van der Waals surface area (Å²) in [4.78, 5) is 14.4. The molecule has 96 valence electrons. The van der Waals surface area contributed by atoms with Crippen LogP contribution in [0.1, 0.15) is 25.3 Å². The molecule has 3 heteroatoms. The summed E-state index contributed by atoms with van der Waals surface area (Å²) in [5, 5.41) is 0. The van der Waals surface area contributed by atoms with Gasteiger partial charge in [0.05, 0.1) is 0 Å². The van der Waals surface area contributed by atoms with Crippen LogP contribution in [0.5, 0.6) is 0 Å². The van der Waals surface area contributed by atoms with E-state index in [-0.39, 0.29) is 12.0 Å². The molecule has 2 aliphatic heterocycles. The van der Waals surface area contributed by atoms with Crippen LogP contribution < -0.4 is 4.90 Å². The fraction of sp³-hybridized carbons (Fsp3) is 0.533. The lowest BCUT2D eigenvalue weighted by Gasteiger charge is -2.34. The third-order valence-corrected chi connectivity index (χ3v) is 3.82. The average molecular weight is 245 g/mol. The van der Waals surface area contributed by atoms with Gasteiger partial charge in [-0.25, -0.2) is 0 Å². The van der Waals surface area contributed by atoms with Crippen LogP contribution in [-0.4, -0.2) is 25.2 Å². The Morgan fingerprint density at radius 1 is 1.39 bits per heavy atom. The molecule has 3 nitrogen and oxygen atoms in total. The molecule has 0 aromatic heterocycles. The van der Waals surface area contributed by atoms with E-state index in [1.54, 1.807) is 0 Å². The van der Waals surface area contributed by atoms with Gasteiger partial charge in [-0.3, -0.25) is 4.79 Å². The molecule has 3 rings (SSSR count). The van der Waals surface area contributed by atoms with E-state index >= 15 is 0 Å². The number of hydrogen-bond acceptors (Lipinski definition) is 2. The zero-order chi connectivity index (χ0) is 12.5. The van der Waals surface area contributed by atoms with Crippen molar-refractivity contribution in [3.63, 3.8) is 0 Å². The number of benzene rings is 1. The van der Waals surface area contributed by atoms with Gasteiger partial charge in [-0.2, -0.15) is 0 Å². The van der Waals surface area contributed by atoms with Crippen LogP contribution in [0.25, 0.3) is 0 Å². The molecular formula is C15H19NO2. The Kier molecular flexibility index (Phi) is 3.08. The van der Waals surface area contributed by atoms with E-state index in [1.165, 1.54) is 5.56 Å². The minimum Gasteiger partial charge on any atom is -0.368 e. The second-order valence-corrected chi connectivity index (χ2v) is 5.39. The van der Waals surface area contributed by atoms with Gasteiger partial charge in [0.2, 0.25) is 0 Å². The molecule has 1 amide bonds. The summed E-state index contributed by atoms with van der Waals surface area (Å²) in [5.41, 5.74) is 2.36. The highest BCUT2D eigenvalue weighted by atomic mass is 16.5. The summed E-state index contributed by atoms with van der Waals surface area (Å²) in [6, 6.07) is 8.23. The number of para-hydroxylation sites is 1. The van der Waals surface area contributed by atoms with Gasteiger partial charge in [0, 0.05) is 18.8 Å². The minimum absolute atomic E-state index is 0.145. The van der Waals surface area contributed by atoms with Crippen LogP contribution in [0.3, 0.4) is 0 Å². The zero-order valence-corrected chi connectivity index (χ0v) is 10.8. The Morgan fingerprint density at radius 3 is 3.00 bits per heavy atom. The summed E-state index contributed by atoms with van der Waals surface area (Å²) in [5.74, 6) is 0.664. The first-order chi connectivity index (χ1) is 8.75. The molecule has 0 saturated carbocycles. The SMILES string of the molecule is CC1Cc2ccccc2N(C(=O)C2CCCO2)C1. The van der Waals surface area contributed by atoms with Gasteiger partial charge in [0.15, 0.2) is 0 Å². The summed E-state index contributed by atoms with van der Waals surface area (Å²) in [6.07, 6.45) is 2.71. The predicted molar refractivity (Wildman–Crippen MR) is 70.6 cm³/mol. The molecule has 2 aliphatic rings. The largest absolute Gasteiger partial charge is 0.368 e. The van der Waals surface area contributed by atoms with Crippen molar-refractivity contribution < 1.29 is 9.53 Å². The number of rotatable bonds is 1. The van der Waals surface area contributed by atoms with Crippen molar-refractivity contribution in [1.29, 1.82) is 0 Å². The lowest BCUT2D eigenvalue weighted by molar-refractivity contribution is -0.127. The second kappa shape index (κ2) is 4.73. The molecule has 18 heavy (non-hydrogen) atoms. The molecular weight excluding hydrogens is 226 g/mol. The first-order valence-electron chi connectivity index (χ1n) is 6.76. The summed E-state index contributed by atoms with van der Waals surface area (Å²) in [7, 11) is 0. The number of amides is 1. The average Bonchev–Trinajstić information content (AvgIpc) is 2.90. The first kappa shape index (κ1) is 11.7. The number of hydrogen-bond donors (Lipinski definition) is 0. The Balaban J connectivity index is 1.89. The van der Waals surface area contributed by atoms with Crippen molar-refractivity contribution in [3.8, 4) is 0 Å². The quantitative estimate of drug-likeness (QED) is 0.760. The van der Waals surface area contributed by atoms with Crippen molar-refractivity contribution in [2.45, 2.75) is 32.3 Å². The Labute approximate surface area is 108 Å². The van der Waals surface area contributed by atoms with Gasteiger partial charge in [-0.1, -0.05) is 25.1 Å². The highest BCUT2D eigenvalue weighted by Crippen LogP contribution is 2.31. The molecule has 0 radical (unpaired) electrons. The normalized spacial score (nSPS) is 27.1. The summed E-state index contributed by atoms with van der Waals surface area (Å²) < 4.78 is 5.53. The van der Waals surface area contributed by atoms with E-state index in [9.17, 15) is 4.79 Å². The number of nitrogens with zero attached hydrogens (tertiary/aromatic N) is 1. The van der Waals surface area contributed by atoms with E-state index in [2.05, 4.69) is 13.0 Å². The standard InChI is InChI=1S/C15H19NO2/c1-11-9-12-5-2-3-6-13(12)16(10-11)15(17)14-7-4-8-18-14/h2-3,5-6,11,14H,4,7-10H2,1H3. The van der Waals surface area contributed by atoms with Crippen molar-refractivity contribution >= 4 is 11.6 Å². The Hall–Kier alpha value is -1.35. The number of carbonyl (C=O) groups is 1. The number of fused-ring (bicyclic) bond motifs is 1. The summed E-state index contributed by atoms with van der Waals surface area (Å²) >= 11 is 0. The van der Waals surface area contributed by atoms with E-state index in [0.717, 1.165) is 38.1 Å². The highest BCUT2D eigenvalue weighted by molar-refractivity contribution is 5.97. The van der Waals surface area contributed by atoms with Crippen LogP contribution in [-0.2, 0) is 16.0 Å². The van der Waals surface area contributed by atoms with Gasteiger partial charge >= 0.3 is 0 Å². The Morgan fingerprint density at radius 2 is 2.22 bits per heavy atom. The van der Waals surface area contributed by atoms with E-state index in [1.807, 2.05) is 23.1 Å². The maximum absolute atomic E-state index is 12.5. The first-order valence-corrected chi connectivity index (χ1v) is 6.76. The van der Waals surface area contributed by atoms with Crippen LogP contribution in [0.15, 0.2) is 24.3 Å². The second-order valence-electron chi connectivity index (χ2n) is 5.39. The van der Waals surface area contributed by atoms with Gasteiger partial charge in [0.1, 0.15) is 6.10 Å². The van der Waals surface area contributed by atoms with Crippen LogP contribution in [0.4, 0.5) is 5.69 Å². The monoisotopic (exact) mass is 245 g/mol. The summed E-state index contributed by atoms with van der Waals surface area (Å²) in [6.45, 7) is 3.74. The van der Waals surface area contributed by atoms with Crippen molar-refractivity contribution in [2.75, 3.05) is 18.1 Å². The molecule has 1 saturated heterocycles. The molecule has 1 fully saturated rings. The molecule has 0 aliphatic carbocycles. The smallest absolute Gasteiger partial charge is 0.256 e. The predicted octanol–water partition coefficient (Wildman–Crippen LogP) is 2.39. The molecule has 2 unspecified atom stereocenters. The molecule has 1 aromatic rings. The maximum atomic E-state index is 12.5. The minimum atomic E-state index is -0.219. The van der Waals surface area contributed by atoms with Gasteiger partial charge in [-0.15, -0.1) is 0 Å². The van der Waals surface area contributed by atoms with Crippen molar-refractivity contribution in [1.82, 2.24) is 0 Å². The molecule has 0 N–H and O–H groups in total. The van der Waals surface area contributed by atoms with Crippen LogP contribution in [0.2, 0.25) is 0 Å². The maximum Gasteiger partial charge on any atom is 0.256 e.